The van der Waals surface area contributed by atoms with Gasteiger partial charge in [0, 0.05) is 38.8 Å². The summed E-state index contributed by atoms with van der Waals surface area (Å²) >= 11 is 0. The van der Waals surface area contributed by atoms with Crippen molar-refractivity contribution in [1.29, 1.82) is 0 Å². The van der Waals surface area contributed by atoms with E-state index in [1.54, 1.807) is 0 Å². The predicted molar refractivity (Wildman–Crippen MR) is 79.6 cm³/mol. The molecule has 1 aliphatic carbocycles. The Bertz CT molecular complexity index is 443. The summed E-state index contributed by atoms with van der Waals surface area (Å²) in [5.74, 6) is 0.743. The normalized spacial score (nSPS) is 27.5. The van der Waals surface area contributed by atoms with Gasteiger partial charge in [-0.2, -0.15) is 0 Å². The maximum Gasteiger partial charge on any atom is 0.0949 e. The van der Waals surface area contributed by atoms with Crippen molar-refractivity contribution in [3.8, 4) is 0 Å². The standard InChI is InChI=1S/C16H27N3O/c1-13-5-3-4-6-16(13)20-10-9-19-8-7-15-14(11-19)17-12-18(15)2/h12-13,16H,3-11H2,1-2H3. The number of rotatable bonds is 4. The van der Waals surface area contributed by atoms with Crippen LogP contribution in [-0.2, 0) is 24.8 Å². The molecule has 0 spiro atoms. The first kappa shape index (κ1) is 14.1. The minimum absolute atomic E-state index is 0.499. The van der Waals surface area contributed by atoms with E-state index in [9.17, 15) is 0 Å². The highest BCUT2D eigenvalue weighted by atomic mass is 16.5. The Labute approximate surface area is 122 Å². The van der Waals surface area contributed by atoms with Crippen LogP contribution in [0.15, 0.2) is 6.33 Å². The molecular weight excluding hydrogens is 250 g/mol. The zero-order valence-electron chi connectivity index (χ0n) is 12.8. The van der Waals surface area contributed by atoms with Crippen LogP contribution in [0.4, 0.5) is 0 Å². The summed E-state index contributed by atoms with van der Waals surface area (Å²) in [5, 5.41) is 0. The first-order valence-corrected chi connectivity index (χ1v) is 8.07. The lowest BCUT2D eigenvalue weighted by molar-refractivity contribution is -0.0151. The molecule has 1 saturated carbocycles. The van der Waals surface area contributed by atoms with Crippen molar-refractivity contribution in [2.75, 3.05) is 19.7 Å². The Morgan fingerprint density at radius 3 is 3.05 bits per heavy atom. The predicted octanol–water partition coefficient (Wildman–Crippen LogP) is 2.37. The van der Waals surface area contributed by atoms with Crippen LogP contribution in [0.25, 0.3) is 0 Å². The van der Waals surface area contributed by atoms with E-state index in [-0.39, 0.29) is 0 Å². The second-order valence-electron chi connectivity index (χ2n) is 6.45. The fourth-order valence-corrected chi connectivity index (χ4v) is 3.57. The van der Waals surface area contributed by atoms with E-state index in [1.807, 2.05) is 6.33 Å². The summed E-state index contributed by atoms with van der Waals surface area (Å²) in [7, 11) is 2.09. The number of fused-ring (bicyclic) bond motifs is 1. The molecule has 1 aromatic heterocycles. The molecule has 0 aromatic carbocycles. The summed E-state index contributed by atoms with van der Waals surface area (Å²) in [5.41, 5.74) is 2.66. The number of ether oxygens (including phenoxy) is 1. The third kappa shape index (κ3) is 3.07. The Kier molecular flexibility index (Phi) is 4.41. The highest BCUT2D eigenvalue weighted by Crippen LogP contribution is 2.26. The first-order chi connectivity index (χ1) is 9.74. The molecule has 20 heavy (non-hydrogen) atoms. The quantitative estimate of drug-likeness (QED) is 0.846. The topological polar surface area (TPSA) is 30.3 Å². The van der Waals surface area contributed by atoms with E-state index >= 15 is 0 Å². The summed E-state index contributed by atoms with van der Waals surface area (Å²) in [4.78, 5) is 6.97. The minimum Gasteiger partial charge on any atom is -0.377 e. The van der Waals surface area contributed by atoms with Gasteiger partial charge in [-0.1, -0.05) is 19.8 Å². The molecule has 4 heteroatoms. The molecule has 4 nitrogen and oxygen atoms in total. The molecule has 3 rings (SSSR count). The van der Waals surface area contributed by atoms with Crippen molar-refractivity contribution in [1.82, 2.24) is 14.5 Å². The molecule has 1 fully saturated rings. The second kappa shape index (κ2) is 6.27. The van der Waals surface area contributed by atoms with Crippen LogP contribution in [0.3, 0.4) is 0 Å². The fraction of sp³-hybridized carbons (Fsp3) is 0.812. The Hall–Kier alpha value is -0.870. The molecule has 112 valence electrons. The molecule has 2 unspecified atom stereocenters. The Morgan fingerprint density at radius 1 is 1.35 bits per heavy atom. The van der Waals surface area contributed by atoms with E-state index < -0.39 is 0 Å². The summed E-state index contributed by atoms with van der Waals surface area (Å²) < 4.78 is 8.28. The van der Waals surface area contributed by atoms with E-state index in [4.69, 9.17) is 4.74 Å². The van der Waals surface area contributed by atoms with Crippen LogP contribution in [0.2, 0.25) is 0 Å². The lowest BCUT2D eigenvalue weighted by Gasteiger charge is -2.31. The van der Waals surface area contributed by atoms with Crippen LogP contribution in [0.5, 0.6) is 0 Å². The van der Waals surface area contributed by atoms with Gasteiger partial charge in [0.15, 0.2) is 0 Å². The summed E-state index contributed by atoms with van der Waals surface area (Å²) in [6.45, 7) is 6.37. The molecule has 0 saturated heterocycles. The lowest BCUT2D eigenvalue weighted by Crippen LogP contribution is -2.35. The number of aromatic nitrogens is 2. The summed E-state index contributed by atoms with van der Waals surface area (Å²) in [6.07, 6.45) is 8.88. The van der Waals surface area contributed by atoms with Crippen LogP contribution < -0.4 is 0 Å². The average Bonchev–Trinajstić information content (AvgIpc) is 2.82. The lowest BCUT2D eigenvalue weighted by atomic mass is 9.88. The maximum atomic E-state index is 6.12. The smallest absolute Gasteiger partial charge is 0.0949 e. The second-order valence-corrected chi connectivity index (χ2v) is 6.45. The van der Waals surface area contributed by atoms with Crippen LogP contribution >= 0.6 is 0 Å². The van der Waals surface area contributed by atoms with E-state index in [0.717, 1.165) is 38.6 Å². The molecule has 0 radical (unpaired) electrons. The van der Waals surface area contributed by atoms with Gasteiger partial charge in [-0.05, 0) is 18.8 Å². The van der Waals surface area contributed by atoms with Crippen molar-refractivity contribution in [2.45, 2.75) is 51.7 Å². The van der Waals surface area contributed by atoms with Gasteiger partial charge in [-0.3, -0.25) is 4.90 Å². The minimum atomic E-state index is 0.499. The van der Waals surface area contributed by atoms with E-state index in [1.165, 1.54) is 37.1 Å². The van der Waals surface area contributed by atoms with Crippen molar-refractivity contribution in [3.05, 3.63) is 17.7 Å². The zero-order valence-corrected chi connectivity index (χ0v) is 12.8. The van der Waals surface area contributed by atoms with Gasteiger partial charge in [0.2, 0.25) is 0 Å². The van der Waals surface area contributed by atoms with Crippen LogP contribution in [-0.4, -0.2) is 40.3 Å². The SMILES string of the molecule is CC1CCCCC1OCCN1CCc2c(ncn2C)C1. The van der Waals surface area contributed by atoms with E-state index in [2.05, 4.69) is 28.4 Å². The number of hydrogen-bond donors (Lipinski definition) is 0. The largest absolute Gasteiger partial charge is 0.377 e. The fourth-order valence-electron chi connectivity index (χ4n) is 3.57. The molecule has 1 aromatic rings. The maximum absolute atomic E-state index is 6.12. The molecular formula is C16H27N3O. The van der Waals surface area contributed by atoms with Gasteiger partial charge in [0.1, 0.15) is 0 Å². The molecule has 1 aliphatic heterocycles. The van der Waals surface area contributed by atoms with Crippen molar-refractivity contribution < 1.29 is 4.74 Å². The van der Waals surface area contributed by atoms with Gasteiger partial charge in [0.05, 0.1) is 24.7 Å². The van der Waals surface area contributed by atoms with Gasteiger partial charge in [-0.15, -0.1) is 0 Å². The zero-order chi connectivity index (χ0) is 13.9. The van der Waals surface area contributed by atoms with Gasteiger partial charge < -0.3 is 9.30 Å². The molecule has 2 aliphatic rings. The highest BCUT2D eigenvalue weighted by molar-refractivity contribution is 5.16. The third-order valence-corrected chi connectivity index (χ3v) is 4.96. The van der Waals surface area contributed by atoms with Crippen LogP contribution in [0.1, 0.15) is 44.0 Å². The molecule has 0 bridgehead atoms. The van der Waals surface area contributed by atoms with Gasteiger partial charge >= 0.3 is 0 Å². The summed E-state index contributed by atoms with van der Waals surface area (Å²) in [6, 6.07) is 0. The molecule has 2 heterocycles. The van der Waals surface area contributed by atoms with Gasteiger partial charge in [0.25, 0.3) is 0 Å². The number of imidazole rings is 1. The van der Waals surface area contributed by atoms with Crippen molar-refractivity contribution in [2.24, 2.45) is 13.0 Å². The van der Waals surface area contributed by atoms with Crippen molar-refractivity contribution >= 4 is 0 Å². The monoisotopic (exact) mass is 277 g/mol. The van der Waals surface area contributed by atoms with Crippen LogP contribution in [0, 0.1) is 5.92 Å². The van der Waals surface area contributed by atoms with E-state index in [0.29, 0.717) is 6.10 Å². The average molecular weight is 277 g/mol. The number of nitrogens with zero attached hydrogens (tertiary/aromatic N) is 3. The number of hydrogen-bond acceptors (Lipinski definition) is 3. The third-order valence-electron chi connectivity index (χ3n) is 4.96. The van der Waals surface area contributed by atoms with Gasteiger partial charge in [-0.25, -0.2) is 4.98 Å². The Morgan fingerprint density at radius 2 is 2.20 bits per heavy atom. The molecule has 2 atom stereocenters. The highest BCUT2D eigenvalue weighted by Gasteiger charge is 2.23. The molecule has 0 N–H and O–H groups in total. The first-order valence-electron chi connectivity index (χ1n) is 8.07. The van der Waals surface area contributed by atoms with Crippen molar-refractivity contribution in [3.63, 3.8) is 0 Å². The number of aryl methyl sites for hydroxylation is 1. The Balaban J connectivity index is 1.43. The molecule has 0 amide bonds.